The Balaban J connectivity index is 1.62. The Bertz CT molecular complexity index is 1250. The van der Waals surface area contributed by atoms with Gasteiger partial charge in [0.25, 0.3) is 11.6 Å². The predicted molar refractivity (Wildman–Crippen MR) is 120 cm³/mol. The van der Waals surface area contributed by atoms with Crippen LogP contribution in [-0.4, -0.2) is 38.9 Å². The highest BCUT2D eigenvalue weighted by atomic mass is 16.6. The van der Waals surface area contributed by atoms with Gasteiger partial charge in [-0.25, -0.2) is 5.43 Å². The first-order chi connectivity index (χ1) is 16.3. The smallest absolute Gasteiger partial charge is 0.307 e. The number of hydrogen-bond donors (Lipinski definition) is 1. The van der Waals surface area contributed by atoms with Gasteiger partial charge in [0.15, 0.2) is 0 Å². The lowest BCUT2D eigenvalue weighted by molar-refractivity contribution is -0.385. The number of hydrogen-bond acceptors (Lipinski definition) is 9. The lowest BCUT2D eigenvalue weighted by Gasteiger charge is -2.11. The fourth-order valence-corrected chi connectivity index (χ4v) is 2.97. The zero-order valence-electron chi connectivity index (χ0n) is 18.2. The minimum atomic E-state index is -0.604. The summed E-state index contributed by atoms with van der Waals surface area (Å²) in [7, 11) is 1.52. The number of rotatable bonds is 10. The number of aryl methyl sites for hydroxylation is 1. The van der Waals surface area contributed by atoms with Crippen molar-refractivity contribution in [2.24, 2.45) is 5.10 Å². The summed E-state index contributed by atoms with van der Waals surface area (Å²) in [5.41, 5.74) is 3.94. The predicted octanol–water partition coefficient (Wildman–Crippen LogP) is 2.75. The van der Waals surface area contributed by atoms with Crippen LogP contribution < -0.4 is 14.9 Å². The molecule has 34 heavy (non-hydrogen) atoms. The Labute approximate surface area is 192 Å². The molecule has 2 aromatic carbocycles. The van der Waals surface area contributed by atoms with Crippen LogP contribution in [0.5, 0.6) is 11.5 Å². The van der Waals surface area contributed by atoms with Gasteiger partial charge in [-0.05, 0) is 42.8 Å². The quantitative estimate of drug-likeness (QED) is 0.269. The summed E-state index contributed by atoms with van der Waals surface area (Å²) in [5, 5.41) is 29.3. The molecule has 0 bridgehead atoms. The lowest BCUT2D eigenvalue weighted by atomic mass is 10.1. The first-order valence-corrected chi connectivity index (χ1v) is 9.80. The minimum Gasteiger partial charge on any atom is -0.496 e. The number of hydrazone groups is 1. The molecule has 0 fully saturated rings. The molecule has 0 atom stereocenters. The van der Waals surface area contributed by atoms with Gasteiger partial charge in [-0.3, -0.25) is 29.7 Å². The van der Waals surface area contributed by atoms with Crippen molar-refractivity contribution in [3.63, 3.8) is 0 Å². The molecule has 0 radical (unpaired) electrons. The van der Waals surface area contributed by atoms with E-state index in [1.165, 1.54) is 25.5 Å². The van der Waals surface area contributed by atoms with E-state index in [1.54, 1.807) is 31.2 Å². The van der Waals surface area contributed by atoms with Crippen molar-refractivity contribution < 1.29 is 24.1 Å². The van der Waals surface area contributed by atoms with E-state index in [4.69, 9.17) is 9.47 Å². The highest BCUT2D eigenvalue weighted by Crippen LogP contribution is 2.25. The maximum absolute atomic E-state index is 12.0. The molecular formula is C21H20N6O7. The summed E-state index contributed by atoms with van der Waals surface area (Å²) in [6.45, 7) is 1.53. The molecule has 0 aliphatic heterocycles. The van der Waals surface area contributed by atoms with E-state index >= 15 is 0 Å². The molecule has 0 unspecified atom stereocenters. The SMILES string of the molecule is COc1ccc(/C=N/NC(=O)Cn2cc([N+](=O)[O-])cn2)cc1COc1ccc([N+](=O)[O-])c(C)c1. The van der Waals surface area contributed by atoms with Crippen LogP contribution >= 0.6 is 0 Å². The van der Waals surface area contributed by atoms with E-state index in [-0.39, 0.29) is 24.5 Å². The topological polar surface area (TPSA) is 164 Å². The molecule has 3 rings (SSSR count). The molecule has 0 aliphatic rings. The highest BCUT2D eigenvalue weighted by molar-refractivity contribution is 5.82. The van der Waals surface area contributed by atoms with Gasteiger partial charge < -0.3 is 9.47 Å². The van der Waals surface area contributed by atoms with Crippen molar-refractivity contribution in [2.45, 2.75) is 20.1 Å². The Hall–Kier alpha value is -4.81. The number of benzene rings is 2. The average molecular weight is 468 g/mol. The number of nitro benzene ring substituents is 1. The van der Waals surface area contributed by atoms with Gasteiger partial charge in [0.2, 0.25) is 0 Å². The molecule has 13 nitrogen and oxygen atoms in total. The molecule has 1 aromatic heterocycles. The van der Waals surface area contributed by atoms with Crippen molar-refractivity contribution in [3.05, 3.63) is 85.7 Å². The van der Waals surface area contributed by atoms with Crippen molar-refractivity contribution in [3.8, 4) is 11.5 Å². The number of amides is 1. The molecule has 1 N–H and O–H groups in total. The third-order valence-electron chi connectivity index (χ3n) is 4.60. The monoisotopic (exact) mass is 468 g/mol. The Morgan fingerprint density at radius 3 is 2.65 bits per heavy atom. The van der Waals surface area contributed by atoms with E-state index in [0.29, 0.717) is 28.2 Å². The van der Waals surface area contributed by atoms with Gasteiger partial charge in [-0.1, -0.05) is 0 Å². The van der Waals surface area contributed by atoms with Gasteiger partial charge >= 0.3 is 5.69 Å². The Morgan fingerprint density at radius 1 is 1.21 bits per heavy atom. The summed E-state index contributed by atoms with van der Waals surface area (Å²) in [5.74, 6) is 0.523. The molecule has 0 aliphatic carbocycles. The van der Waals surface area contributed by atoms with Crippen LogP contribution in [0.4, 0.5) is 11.4 Å². The first kappa shape index (κ1) is 23.8. The molecule has 0 saturated heterocycles. The van der Waals surface area contributed by atoms with Crippen LogP contribution in [-0.2, 0) is 17.9 Å². The fourth-order valence-electron chi connectivity index (χ4n) is 2.97. The number of aromatic nitrogens is 2. The van der Waals surface area contributed by atoms with Crippen LogP contribution in [0.3, 0.4) is 0 Å². The lowest BCUT2D eigenvalue weighted by Crippen LogP contribution is -2.23. The van der Waals surface area contributed by atoms with Gasteiger partial charge in [-0.15, -0.1) is 0 Å². The highest BCUT2D eigenvalue weighted by Gasteiger charge is 2.12. The summed E-state index contributed by atoms with van der Waals surface area (Å²) < 4.78 is 12.2. The van der Waals surface area contributed by atoms with Crippen LogP contribution in [0.25, 0.3) is 0 Å². The third kappa shape index (κ3) is 6.12. The number of methoxy groups -OCH3 is 1. The Kier molecular flexibility index (Phi) is 7.48. The van der Waals surface area contributed by atoms with Gasteiger partial charge in [0.05, 0.1) is 23.2 Å². The Morgan fingerprint density at radius 2 is 2.00 bits per heavy atom. The maximum Gasteiger partial charge on any atom is 0.307 e. The van der Waals surface area contributed by atoms with Gasteiger partial charge in [0, 0.05) is 17.2 Å². The van der Waals surface area contributed by atoms with Gasteiger partial charge in [-0.2, -0.15) is 10.2 Å². The van der Waals surface area contributed by atoms with E-state index in [2.05, 4.69) is 15.6 Å². The van der Waals surface area contributed by atoms with E-state index < -0.39 is 15.8 Å². The fraction of sp³-hybridized carbons (Fsp3) is 0.190. The molecule has 176 valence electrons. The zero-order valence-corrected chi connectivity index (χ0v) is 18.2. The molecule has 13 heteroatoms. The largest absolute Gasteiger partial charge is 0.496 e. The summed E-state index contributed by atoms with van der Waals surface area (Å²) >= 11 is 0. The molecular weight excluding hydrogens is 448 g/mol. The molecule has 0 spiro atoms. The van der Waals surface area contributed by atoms with Crippen LogP contribution in [0.2, 0.25) is 0 Å². The number of nitrogens with one attached hydrogen (secondary N) is 1. The second-order valence-electron chi connectivity index (χ2n) is 7.01. The van der Waals surface area contributed by atoms with Crippen molar-refractivity contribution in [2.75, 3.05) is 7.11 Å². The molecule has 0 saturated carbocycles. The number of nitro groups is 2. The summed E-state index contributed by atoms with van der Waals surface area (Å²) in [4.78, 5) is 32.5. The average Bonchev–Trinajstić information content (AvgIpc) is 3.26. The van der Waals surface area contributed by atoms with Crippen LogP contribution in [0.1, 0.15) is 16.7 Å². The molecule has 1 heterocycles. The van der Waals surface area contributed by atoms with E-state index in [0.717, 1.165) is 17.1 Å². The van der Waals surface area contributed by atoms with Gasteiger partial charge in [0.1, 0.15) is 37.0 Å². The minimum absolute atomic E-state index is 0.0102. The van der Waals surface area contributed by atoms with Crippen molar-refractivity contribution >= 4 is 23.5 Å². The summed E-state index contributed by atoms with van der Waals surface area (Å²) in [6, 6.07) is 9.68. The van der Waals surface area contributed by atoms with Crippen molar-refractivity contribution in [1.82, 2.24) is 15.2 Å². The van der Waals surface area contributed by atoms with Crippen LogP contribution in [0.15, 0.2) is 53.9 Å². The van der Waals surface area contributed by atoms with E-state index in [1.807, 2.05) is 0 Å². The zero-order chi connectivity index (χ0) is 24.7. The number of carbonyl (C=O) groups is 1. The van der Waals surface area contributed by atoms with E-state index in [9.17, 15) is 25.0 Å². The molecule has 3 aromatic rings. The second-order valence-corrected chi connectivity index (χ2v) is 7.01. The second kappa shape index (κ2) is 10.7. The number of carbonyl (C=O) groups excluding carboxylic acids is 1. The first-order valence-electron chi connectivity index (χ1n) is 9.80. The number of ether oxygens (including phenoxy) is 2. The standard InChI is InChI=1S/C21H20N6O7/c1-14-7-18(4-5-19(14)27(31)32)34-13-16-8-15(3-6-20(16)33-2)9-22-24-21(28)12-25-11-17(10-23-25)26(29)30/h3-11H,12-13H2,1-2H3,(H,24,28)/b22-9+. The molecule has 1 amide bonds. The van der Waals surface area contributed by atoms with Crippen molar-refractivity contribution in [1.29, 1.82) is 0 Å². The number of nitrogens with zero attached hydrogens (tertiary/aromatic N) is 5. The third-order valence-corrected chi connectivity index (χ3v) is 4.60. The maximum atomic E-state index is 12.0. The normalized spacial score (nSPS) is 10.8. The van der Waals surface area contributed by atoms with Crippen LogP contribution in [0, 0.1) is 27.2 Å². The summed E-state index contributed by atoms with van der Waals surface area (Å²) in [6.07, 6.45) is 3.61.